The third-order valence-electron chi connectivity index (χ3n) is 3.53. The van der Waals surface area contributed by atoms with E-state index >= 15 is 0 Å². The molecule has 1 aromatic carbocycles. The second kappa shape index (κ2) is 8.19. The fourth-order valence-electron chi connectivity index (χ4n) is 2.33. The van der Waals surface area contributed by atoms with Crippen molar-refractivity contribution in [3.63, 3.8) is 0 Å². The van der Waals surface area contributed by atoms with Crippen molar-refractivity contribution in [2.45, 2.75) is 53.4 Å². The highest BCUT2D eigenvalue weighted by molar-refractivity contribution is 9.10. The zero-order chi connectivity index (χ0) is 15.2. The van der Waals surface area contributed by atoms with E-state index < -0.39 is 0 Å². The first-order chi connectivity index (χ1) is 9.29. The van der Waals surface area contributed by atoms with Gasteiger partial charge in [-0.25, -0.2) is 0 Å². The average Bonchev–Trinajstić information content (AvgIpc) is 2.33. The van der Waals surface area contributed by atoms with Crippen molar-refractivity contribution in [2.75, 3.05) is 13.1 Å². The molecule has 2 heteroatoms. The molecule has 1 N–H and O–H groups in total. The van der Waals surface area contributed by atoms with Crippen molar-refractivity contribution in [3.05, 3.63) is 34.3 Å². The zero-order valence-corrected chi connectivity index (χ0v) is 15.3. The van der Waals surface area contributed by atoms with Gasteiger partial charge in [0.1, 0.15) is 0 Å². The highest BCUT2D eigenvalue weighted by Crippen LogP contribution is 2.32. The smallest absolute Gasteiger partial charge is 0.0210 e. The summed E-state index contributed by atoms with van der Waals surface area (Å²) in [5, 5.41) is 3.63. The Balaban J connectivity index is 2.71. The molecule has 0 aliphatic heterocycles. The van der Waals surface area contributed by atoms with Gasteiger partial charge in [-0.05, 0) is 48.3 Å². The Bertz CT molecular complexity index is 393. The maximum Gasteiger partial charge on any atom is 0.0210 e. The molecule has 0 amide bonds. The van der Waals surface area contributed by atoms with Crippen molar-refractivity contribution in [2.24, 2.45) is 11.3 Å². The second-order valence-corrected chi connectivity index (χ2v) is 8.22. The zero-order valence-electron chi connectivity index (χ0n) is 13.7. The SMILES string of the molecule is CC(C)CNCC(CCC(C)(C)C)c1ccccc1Br. The molecule has 0 radical (unpaired) electrons. The molecule has 1 atom stereocenters. The molecule has 114 valence electrons. The van der Waals surface area contributed by atoms with Crippen molar-refractivity contribution in [3.8, 4) is 0 Å². The van der Waals surface area contributed by atoms with Gasteiger partial charge in [0.05, 0.1) is 0 Å². The molecule has 0 aliphatic carbocycles. The number of hydrogen-bond donors (Lipinski definition) is 1. The summed E-state index contributed by atoms with van der Waals surface area (Å²) in [6.45, 7) is 13.7. The van der Waals surface area contributed by atoms with Crippen LogP contribution in [0.25, 0.3) is 0 Å². The van der Waals surface area contributed by atoms with Gasteiger partial charge in [-0.15, -0.1) is 0 Å². The lowest BCUT2D eigenvalue weighted by Gasteiger charge is -2.25. The third kappa shape index (κ3) is 6.90. The molecule has 0 saturated heterocycles. The first kappa shape index (κ1) is 17.7. The fourth-order valence-corrected chi connectivity index (χ4v) is 2.94. The van der Waals surface area contributed by atoms with Crippen LogP contribution in [0, 0.1) is 11.3 Å². The molecule has 1 nitrogen and oxygen atoms in total. The van der Waals surface area contributed by atoms with Crippen LogP contribution in [-0.4, -0.2) is 13.1 Å². The van der Waals surface area contributed by atoms with Crippen molar-refractivity contribution >= 4 is 15.9 Å². The molecular weight excluding hydrogens is 310 g/mol. The van der Waals surface area contributed by atoms with Crippen LogP contribution in [0.15, 0.2) is 28.7 Å². The Morgan fingerprint density at radius 3 is 2.30 bits per heavy atom. The van der Waals surface area contributed by atoms with E-state index in [1.54, 1.807) is 0 Å². The molecular formula is C18H30BrN. The lowest BCUT2D eigenvalue weighted by Crippen LogP contribution is -2.26. The van der Waals surface area contributed by atoms with Gasteiger partial charge in [0.2, 0.25) is 0 Å². The van der Waals surface area contributed by atoms with Crippen LogP contribution in [0.3, 0.4) is 0 Å². The Morgan fingerprint density at radius 2 is 1.75 bits per heavy atom. The standard InChI is InChI=1S/C18H30BrN/c1-14(2)12-20-13-15(10-11-18(3,4)5)16-8-6-7-9-17(16)19/h6-9,14-15,20H,10-13H2,1-5H3. The molecule has 1 unspecified atom stereocenters. The largest absolute Gasteiger partial charge is 0.316 e. The van der Waals surface area contributed by atoms with E-state index in [1.807, 2.05) is 0 Å². The number of halogens is 1. The normalized spacial score (nSPS) is 13.8. The van der Waals surface area contributed by atoms with E-state index in [-0.39, 0.29) is 0 Å². The Labute approximate surface area is 133 Å². The van der Waals surface area contributed by atoms with Gasteiger partial charge < -0.3 is 5.32 Å². The van der Waals surface area contributed by atoms with Gasteiger partial charge in [0, 0.05) is 11.0 Å². The van der Waals surface area contributed by atoms with Gasteiger partial charge in [-0.1, -0.05) is 68.7 Å². The summed E-state index contributed by atoms with van der Waals surface area (Å²) in [6.07, 6.45) is 2.49. The minimum Gasteiger partial charge on any atom is -0.316 e. The minimum atomic E-state index is 0.400. The molecule has 0 spiro atoms. The van der Waals surface area contributed by atoms with E-state index in [0.29, 0.717) is 17.3 Å². The van der Waals surface area contributed by atoms with Gasteiger partial charge in [0.15, 0.2) is 0 Å². The number of nitrogens with one attached hydrogen (secondary N) is 1. The molecule has 0 aromatic heterocycles. The third-order valence-corrected chi connectivity index (χ3v) is 4.25. The van der Waals surface area contributed by atoms with Gasteiger partial charge in [0.25, 0.3) is 0 Å². The summed E-state index contributed by atoms with van der Waals surface area (Å²) in [6, 6.07) is 8.65. The van der Waals surface area contributed by atoms with Crippen molar-refractivity contribution in [1.29, 1.82) is 0 Å². The second-order valence-electron chi connectivity index (χ2n) is 7.37. The Morgan fingerprint density at radius 1 is 1.10 bits per heavy atom. The molecule has 0 saturated carbocycles. The molecule has 0 fully saturated rings. The number of benzene rings is 1. The summed E-state index contributed by atoms with van der Waals surface area (Å²) in [5.41, 5.74) is 1.84. The summed E-state index contributed by atoms with van der Waals surface area (Å²) in [7, 11) is 0. The topological polar surface area (TPSA) is 12.0 Å². The van der Waals surface area contributed by atoms with E-state index in [0.717, 1.165) is 13.1 Å². The highest BCUT2D eigenvalue weighted by Gasteiger charge is 2.18. The van der Waals surface area contributed by atoms with Crippen LogP contribution in [0.4, 0.5) is 0 Å². The summed E-state index contributed by atoms with van der Waals surface area (Å²) >= 11 is 3.71. The van der Waals surface area contributed by atoms with Crippen LogP contribution >= 0.6 is 15.9 Å². The van der Waals surface area contributed by atoms with E-state index in [9.17, 15) is 0 Å². The first-order valence-corrected chi connectivity index (χ1v) is 8.54. The Kier molecular flexibility index (Phi) is 7.25. The maximum absolute atomic E-state index is 3.71. The quantitative estimate of drug-likeness (QED) is 0.681. The molecule has 20 heavy (non-hydrogen) atoms. The predicted molar refractivity (Wildman–Crippen MR) is 93.3 cm³/mol. The molecule has 0 aliphatic rings. The van der Waals surface area contributed by atoms with Crippen LogP contribution in [0.5, 0.6) is 0 Å². The molecule has 1 aromatic rings. The van der Waals surface area contributed by atoms with E-state index in [1.165, 1.54) is 22.9 Å². The van der Waals surface area contributed by atoms with Crippen LogP contribution < -0.4 is 5.32 Å². The van der Waals surface area contributed by atoms with Gasteiger partial charge in [-0.2, -0.15) is 0 Å². The molecule has 1 rings (SSSR count). The van der Waals surface area contributed by atoms with Gasteiger partial charge >= 0.3 is 0 Å². The monoisotopic (exact) mass is 339 g/mol. The lowest BCUT2D eigenvalue weighted by atomic mass is 9.84. The fraction of sp³-hybridized carbons (Fsp3) is 0.667. The average molecular weight is 340 g/mol. The number of hydrogen-bond acceptors (Lipinski definition) is 1. The molecule has 0 bridgehead atoms. The van der Waals surface area contributed by atoms with Crippen LogP contribution in [-0.2, 0) is 0 Å². The summed E-state index contributed by atoms with van der Waals surface area (Å²) < 4.78 is 1.24. The van der Waals surface area contributed by atoms with Crippen molar-refractivity contribution < 1.29 is 0 Å². The van der Waals surface area contributed by atoms with Gasteiger partial charge in [-0.3, -0.25) is 0 Å². The Hall–Kier alpha value is -0.340. The van der Waals surface area contributed by atoms with Crippen LogP contribution in [0.2, 0.25) is 0 Å². The van der Waals surface area contributed by atoms with E-state index in [2.05, 4.69) is 80.1 Å². The van der Waals surface area contributed by atoms with Crippen molar-refractivity contribution in [1.82, 2.24) is 5.32 Å². The lowest BCUT2D eigenvalue weighted by molar-refractivity contribution is 0.342. The predicted octanol–water partition coefficient (Wildman–Crippen LogP) is 5.60. The molecule has 0 heterocycles. The minimum absolute atomic E-state index is 0.400. The summed E-state index contributed by atoms with van der Waals surface area (Å²) in [5.74, 6) is 1.29. The highest BCUT2D eigenvalue weighted by atomic mass is 79.9. The first-order valence-electron chi connectivity index (χ1n) is 7.75. The summed E-state index contributed by atoms with van der Waals surface area (Å²) in [4.78, 5) is 0. The number of rotatable bonds is 7. The maximum atomic E-state index is 3.71. The van der Waals surface area contributed by atoms with E-state index in [4.69, 9.17) is 0 Å². The van der Waals surface area contributed by atoms with Crippen LogP contribution in [0.1, 0.15) is 58.9 Å².